The fraction of sp³-hybridized carbons (Fsp3) is 0.143. The standard InChI is InChI=1S/C14H14N2O3/c1-9(17)10-4-2-5-11(8-10)15-14(19)12-6-3-7-13(18)16-12/h2-9,17H,1H3,(H,15,19)(H,16,18). The van der Waals surface area contributed by atoms with Gasteiger partial charge in [-0.25, -0.2) is 0 Å². The minimum absolute atomic E-state index is 0.190. The summed E-state index contributed by atoms with van der Waals surface area (Å²) >= 11 is 0. The number of pyridine rings is 1. The molecule has 1 unspecified atom stereocenters. The van der Waals surface area contributed by atoms with Crippen LogP contribution in [-0.2, 0) is 0 Å². The van der Waals surface area contributed by atoms with Crippen molar-refractivity contribution in [3.8, 4) is 0 Å². The number of amides is 1. The second-order valence-corrected chi connectivity index (χ2v) is 4.18. The van der Waals surface area contributed by atoms with E-state index in [-0.39, 0.29) is 11.3 Å². The van der Waals surface area contributed by atoms with Crippen molar-refractivity contribution < 1.29 is 9.90 Å². The summed E-state index contributed by atoms with van der Waals surface area (Å²) in [6, 6.07) is 11.3. The van der Waals surface area contributed by atoms with Crippen molar-refractivity contribution in [2.24, 2.45) is 0 Å². The van der Waals surface area contributed by atoms with Gasteiger partial charge in [0, 0.05) is 11.8 Å². The highest BCUT2D eigenvalue weighted by Gasteiger charge is 2.08. The molecule has 0 bridgehead atoms. The molecule has 2 aromatic rings. The molecule has 0 aliphatic rings. The number of aliphatic hydroxyl groups is 1. The van der Waals surface area contributed by atoms with E-state index >= 15 is 0 Å². The average molecular weight is 258 g/mol. The lowest BCUT2D eigenvalue weighted by molar-refractivity contribution is 0.102. The smallest absolute Gasteiger partial charge is 0.272 e. The van der Waals surface area contributed by atoms with E-state index < -0.39 is 12.0 Å². The van der Waals surface area contributed by atoms with Gasteiger partial charge in [-0.05, 0) is 30.7 Å². The molecule has 1 aromatic heterocycles. The zero-order valence-corrected chi connectivity index (χ0v) is 10.4. The second-order valence-electron chi connectivity index (χ2n) is 4.18. The molecule has 1 atom stereocenters. The Labute approximate surface area is 109 Å². The van der Waals surface area contributed by atoms with Crippen LogP contribution in [0, 0.1) is 0 Å². The summed E-state index contributed by atoms with van der Waals surface area (Å²) < 4.78 is 0. The van der Waals surface area contributed by atoms with E-state index in [1.165, 1.54) is 18.2 Å². The molecule has 1 aromatic carbocycles. The molecule has 1 amide bonds. The van der Waals surface area contributed by atoms with Crippen LogP contribution in [0.2, 0.25) is 0 Å². The number of carbonyl (C=O) groups excluding carboxylic acids is 1. The van der Waals surface area contributed by atoms with Crippen LogP contribution in [-0.4, -0.2) is 16.0 Å². The minimum atomic E-state index is -0.603. The molecule has 0 spiro atoms. The molecule has 1 heterocycles. The van der Waals surface area contributed by atoms with Gasteiger partial charge in [0.25, 0.3) is 5.91 Å². The first kappa shape index (κ1) is 13.0. The molecule has 2 rings (SSSR count). The number of anilines is 1. The number of aromatic nitrogens is 1. The number of rotatable bonds is 3. The van der Waals surface area contributed by atoms with E-state index in [2.05, 4.69) is 10.3 Å². The third-order valence-corrected chi connectivity index (χ3v) is 2.64. The molecule has 0 fully saturated rings. The van der Waals surface area contributed by atoms with Crippen LogP contribution >= 0.6 is 0 Å². The van der Waals surface area contributed by atoms with Crippen LogP contribution in [0.1, 0.15) is 29.1 Å². The van der Waals surface area contributed by atoms with Gasteiger partial charge in [0.2, 0.25) is 5.56 Å². The first-order valence-corrected chi connectivity index (χ1v) is 5.85. The lowest BCUT2D eigenvalue weighted by Gasteiger charge is -2.09. The zero-order chi connectivity index (χ0) is 13.8. The van der Waals surface area contributed by atoms with Crippen LogP contribution in [0.4, 0.5) is 5.69 Å². The number of hydrogen-bond acceptors (Lipinski definition) is 3. The van der Waals surface area contributed by atoms with Crippen molar-refractivity contribution in [2.75, 3.05) is 5.32 Å². The quantitative estimate of drug-likeness (QED) is 0.783. The van der Waals surface area contributed by atoms with Crippen LogP contribution in [0.3, 0.4) is 0 Å². The Hall–Kier alpha value is -2.40. The van der Waals surface area contributed by atoms with E-state index in [1.807, 2.05) is 0 Å². The normalized spacial score (nSPS) is 11.9. The number of aliphatic hydroxyl groups excluding tert-OH is 1. The Balaban J connectivity index is 2.19. The van der Waals surface area contributed by atoms with Crippen LogP contribution < -0.4 is 10.9 Å². The number of H-pyrrole nitrogens is 1. The number of nitrogens with one attached hydrogen (secondary N) is 2. The van der Waals surface area contributed by atoms with Crippen LogP contribution in [0.15, 0.2) is 47.3 Å². The Bertz CT molecular complexity index is 647. The van der Waals surface area contributed by atoms with E-state index in [9.17, 15) is 14.7 Å². The summed E-state index contributed by atoms with van der Waals surface area (Å²) in [7, 11) is 0. The summed E-state index contributed by atoms with van der Waals surface area (Å²) in [5.41, 5.74) is 1.13. The highest BCUT2D eigenvalue weighted by Crippen LogP contribution is 2.17. The Morgan fingerprint density at radius 3 is 2.68 bits per heavy atom. The van der Waals surface area contributed by atoms with Gasteiger partial charge in [0.1, 0.15) is 5.69 Å². The van der Waals surface area contributed by atoms with Crippen molar-refractivity contribution >= 4 is 11.6 Å². The third-order valence-electron chi connectivity index (χ3n) is 2.64. The Morgan fingerprint density at radius 1 is 1.26 bits per heavy atom. The minimum Gasteiger partial charge on any atom is -0.389 e. The van der Waals surface area contributed by atoms with Crippen molar-refractivity contribution in [1.82, 2.24) is 4.98 Å². The summed E-state index contributed by atoms with van der Waals surface area (Å²) in [5, 5.41) is 12.1. The molecule has 0 aliphatic carbocycles. The summed E-state index contributed by atoms with van der Waals surface area (Å²) in [5.74, 6) is -0.402. The lowest BCUT2D eigenvalue weighted by atomic mass is 10.1. The first-order chi connectivity index (χ1) is 9.06. The predicted octanol–water partition coefficient (Wildman–Crippen LogP) is 1.68. The Kier molecular flexibility index (Phi) is 3.77. The average Bonchev–Trinajstić information content (AvgIpc) is 2.39. The fourth-order valence-electron chi connectivity index (χ4n) is 1.65. The Morgan fingerprint density at radius 2 is 2.00 bits per heavy atom. The molecular weight excluding hydrogens is 244 g/mol. The highest BCUT2D eigenvalue weighted by molar-refractivity contribution is 6.02. The monoisotopic (exact) mass is 258 g/mol. The second kappa shape index (κ2) is 5.49. The zero-order valence-electron chi connectivity index (χ0n) is 10.4. The van der Waals surface area contributed by atoms with E-state index in [0.717, 1.165) is 0 Å². The van der Waals surface area contributed by atoms with Crippen molar-refractivity contribution in [1.29, 1.82) is 0 Å². The van der Waals surface area contributed by atoms with Crippen LogP contribution in [0.25, 0.3) is 0 Å². The fourth-order valence-corrected chi connectivity index (χ4v) is 1.65. The topological polar surface area (TPSA) is 82.2 Å². The molecular formula is C14H14N2O3. The van der Waals surface area contributed by atoms with Crippen molar-refractivity contribution in [3.63, 3.8) is 0 Å². The maximum Gasteiger partial charge on any atom is 0.272 e. The first-order valence-electron chi connectivity index (χ1n) is 5.85. The summed E-state index contributed by atoms with van der Waals surface area (Å²) in [6.07, 6.45) is -0.603. The number of aromatic amines is 1. The maximum absolute atomic E-state index is 11.9. The van der Waals surface area contributed by atoms with Gasteiger partial charge in [-0.3, -0.25) is 9.59 Å². The van der Waals surface area contributed by atoms with Gasteiger partial charge in [-0.2, -0.15) is 0 Å². The number of carbonyl (C=O) groups is 1. The van der Waals surface area contributed by atoms with Crippen LogP contribution in [0.5, 0.6) is 0 Å². The SMILES string of the molecule is CC(O)c1cccc(NC(=O)c2cccc(=O)[nH]2)c1. The summed E-state index contributed by atoms with van der Waals surface area (Å²) in [4.78, 5) is 25.5. The summed E-state index contributed by atoms with van der Waals surface area (Å²) in [6.45, 7) is 1.65. The molecule has 0 saturated carbocycles. The molecule has 3 N–H and O–H groups in total. The molecule has 0 aliphatic heterocycles. The van der Waals surface area contributed by atoms with Gasteiger partial charge in [0.05, 0.1) is 6.10 Å². The van der Waals surface area contributed by atoms with E-state index in [1.54, 1.807) is 31.2 Å². The van der Waals surface area contributed by atoms with Gasteiger partial charge < -0.3 is 15.4 Å². The molecule has 0 radical (unpaired) electrons. The van der Waals surface area contributed by atoms with E-state index in [4.69, 9.17) is 0 Å². The van der Waals surface area contributed by atoms with Gasteiger partial charge in [0.15, 0.2) is 0 Å². The molecule has 5 nitrogen and oxygen atoms in total. The predicted molar refractivity (Wildman–Crippen MR) is 72.1 cm³/mol. The van der Waals surface area contributed by atoms with Gasteiger partial charge in [-0.15, -0.1) is 0 Å². The van der Waals surface area contributed by atoms with E-state index in [0.29, 0.717) is 11.3 Å². The molecule has 98 valence electrons. The molecule has 5 heteroatoms. The third kappa shape index (κ3) is 3.29. The van der Waals surface area contributed by atoms with Gasteiger partial charge >= 0.3 is 0 Å². The van der Waals surface area contributed by atoms with Crippen molar-refractivity contribution in [2.45, 2.75) is 13.0 Å². The largest absolute Gasteiger partial charge is 0.389 e. The van der Waals surface area contributed by atoms with Crippen molar-refractivity contribution in [3.05, 3.63) is 64.1 Å². The number of hydrogen-bond donors (Lipinski definition) is 3. The van der Waals surface area contributed by atoms with Gasteiger partial charge in [-0.1, -0.05) is 18.2 Å². The highest BCUT2D eigenvalue weighted by atomic mass is 16.3. The maximum atomic E-state index is 11.9. The molecule has 19 heavy (non-hydrogen) atoms. The number of benzene rings is 1. The lowest BCUT2D eigenvalue weighted by Crippen LogP contribution is -2.17. The molecule has 0 saturated heterocycles.